The summed E-state index contributed by atoms with van der Waals surface area (Å²) >= 11 is 0. The Morgan fingerprint density at radius 2 is 1.10 bits per heavy atom. The van der Waals surface area contributed by atoms with Crippen molar-refractivity contribution in [3.05, 3.63) is 97.1 Å². The Bertz CT molecular complexity index is 420. The number of rotatable bonds is 1. The smallest absolute Gasteiger partial charge is 0.0307 e. The fourth-order valence-corrected chi connectivity index (χ4v) is 1.25. The zero-order valence-electron chi connectivity index (χ0n) is 14.0. The van der Waals surface area contributed by atoms with E-state index >= 15 is 0 Å². The highest BCUT2D eigenvalue weighted by molar-refractivity contribution is 5.14. The molecule has 0 saturated heterocycles. The van der Waals surface area contributed by atoms with Gasteiger partial charge in [0.2, 0.25) is 0 Å². The average Bonchev–Trinajstić information content (AvgIpc) is 2.51. The number of allylic oxidation sites excluding steroid dienone is 2. The maximum atomic E-state index is 3.36. The first-order chi connectivity index (χ1) is 10.2. The normalized spacial score (nSPS) is 7.62. The molecule has 0 aliphatic rings. The molecule has 0 saturated carbocycles. The SMILES string of the molecule is C=CC.C=CC.CCc1ccccc1.Cc1ccccc1. The molecule has 0 fully saturated rings. The van der Waals surface area contributed by atoms with Crippen LogP contribution in [0.2, 0.25) is 0 Å². The van der Waals surface area contributed by atoms with Gasteiger partial charge in [-0.3, -0.25) is 0 Å². The van der Waals surface area contributed by atoms with Gasteiger partial charge in [0.1, 0.15) is 0 Å². The average molecular weight is 282 g/mol. The van der Waals surface area contributed by atoms with E-state index in [-0.39, 0.29) is 0 Å². The minimum absolute atomic E-state index is 1.14. The zero-order valence-corrected chi connectivity index (χ0v) is 14.0. The summed E-state index contributed by atoms with van der Waals surface area (Å²) < 4.78 is 0. The second-order valence-electron chi connectivity index (χ2n) is 4.31. The van der Waals surface area contributed by atoms with Crippen LogP contribution in [0.25, 0.3) is 0 Å². The molecule has 21 heavy (non-hydrogen) atoms. The molecule has 0 aliphatic heterocycles. The van der Waals surface area contributed by atoms with Crippen molar-refractivity contribution < 1.29 is 0 Å². The van der Waals surface area contributed by atoms with Crippen molar-refractivity contribution >= 4 is 0 Å². The number of benzene rings is 2. The van der Waals surface area contributed by atoms with Gasteiger partial charge in [-0.05, 0) is 32.8 Å². The van der Waals surface area contributed by atoms with Crippen LogP contribution < -0.4 is 0 Å². The van der Waals surface area contributed by atoms with E-state index in [1.807, 2.05) is 38.1 Å². The molecule has 2 aromatic carbocycles. The molecule has 0 heterocycles. The first kappa shape index (κ1) is 21.2. The highest BCUT2D eigenvalue weighted by Crippen LogP contribution is 1.96. The lowest BCUT2D eigenvalue weighted by Gasteiger charge is -1.89. The van der Waals surface area contributed by atoms with Crippen LogP contribution in [0.4, 0.5) is 0 Å². The second kappa shape index (κ2) is 17.9. The molecule has 2 aromatic rings. The van der Waals surface area contributed by atoms with Gasteiger partial charge in [-0.15, -0.1) is 13.2 Å². The lowest BCUT2D eigenvalue weighted by atomic mass is 10.2. The second-order valence-corrected chi connectivity index (χ2v) is 4.31. The summed E-state index contributed by atoms with van der Waals surface area (Å²) in [6, 6.07) is 20.7. The highest BCUT2D eigenvalue weighted by Gasteiger charge is 1.80. The quantitative estimate of drug-likeness (QED) is 0.515. The molecule has 0 N–H and O–H groups in total. The molecule has 0 radical (unpaired) electrons. The summed E-state index contributed by atoms with van der Waals surface area (Å²) in [5.41, 5.74) is 2.73. The molecule has 0 heteroatoms. The van der Waals surface area contributed by atoms with E-state index < -0.39 is 0 Å². The Balaban J connectivity index is 0. The first-order valence-corrected chi connectivity index (χ1v) is 7.35. The van der Waals surface area contributed by atoms with Gasteiger partial charge in [0.15, 0.2) is 0 Å². The van der Waals surface area contributed by atoms with Gasteiger partial charge >= 0.3 is 0 Å². The fraction of sp³-hybridized carbons (Fsp3) is 0.238. The van der Waals surface area contributed by atoms with Gasteiger partial charge in [0, 0.05) is 0 Å². The summed E-state index contributed by atoms with van der Waals surface area (Å²) in [5.74, 6) is 0. The largest absolute Gasteiger partial charge is 0.103 e. The predicted octanol–water partition coefficient (Wildman–Crippen LogP) is 6.63. The van der Waals surface area contributed by atoms with Crippen molar-refractivity contribution in [1.29, 1.82) is 0 Å². The van der Waals surface area contributed by atoms with Gasteiger partial charge in [-0.1, -0.05) is 85.3 Å². The van der Waals surface area contributed by atoms with Crippen molar-refractivity contribution in [2.45, 2.75) is 34.1 Å². The van der Waals surface area contributed by atoms with E-state index in [4.69, 9.17) is 0 Å². The molecular formula is C21H30. The maximum absolute atomic E-state index is 3.36. The Kier molecular flexibility index (Phi) is 18.1. The molecule has 0 atom stereocenters. The summed E-state index contributed by atoms with van der Waals surface area (Å²) in [4.78, 5) is 0. The molecule has 0 aliphatic carbocycles. The number of aryl methyl sites for hydroxylation is 2. The van der Waals surface area contributed by atoms with E-state index in [2.05, 4.69) is 63.4 Å². The van der Waals surface area contributed by atoms with Crippen molar-refractivity contribution in [1.82, 2.24) is 0 Å². The van der Waals surface area contributed by atoms with E-state index in [1.54, 1.807) is 12.2 Å². The van der Waals surface area contributed by atoms with Crippen LogP contribution in [0, 0.1) is 6.92 Å². The Hall–Kier alpha value is -2.08. The van der Waals surface area contributed by atoms with Gasteiger partial charge in [0.05, 0.1) is 0 Å². The van der Waals surface area contributed by atoms with Crippen LogP contribution in [0.3, 0.4) is 0 Å². The van der Waals surface area contributed by atoms with E-state index in [1.165, 1.54) is 11.1 Å². The molecule has 0 spiro atoms. The zero-order chi connectivity index (χ0) is 16.3. The van der Waals surface area contributed by atoms with Crippen molar-refractivity contribution in [2.75, 3.05) is 0 Å². The van der Waals surface area contributed by atoms with Gasteiger partial charge in [-0.25, -0.2) is 0 Å². The van der Waals surface area contributed by atoms with Gasteiger partial charge in [-0.2, -0.15) is 0 Å². The topological polar surface area (TPSA) is 0 Å². The van der Waals surface area contributed by atoms with Crippen molar-refractivity contribution in [3.8, 4) is 0 Å². The fourth-order valence-electron chi connectivity index (χ4n) is 1.25. The molecular weight excluding hydrogens is 252 g/mol. The lowest BCUT2D eigenvalue weighted by molar-refractivity contribution is 1.14. The summed E-state index contributed by atoms with van der Waals surface area (Å²) in [7, 11) is 0. The van der Waals surface area contributed by atoms with Crippen LogP contribution in [0.15, 0.2) is 86.0 Å². The third-order valence-corrected chi connectivity index (χ3v) is 2.19. The van der Waals surface area contributed by atoms with Crippen LogP contribution in [-0.2, 0) is 6.42 Å². The molecule has 2 rings (SSSR count). The molecule has 0 amide bonds. The highest BCUT2D eigenvalue weighted by atomic mass is 13.9. The van der Waals surface area contributed by atoms with Crippen LogP contribution in [0.5, 0.6) is 0 Å². The predicted molar refractivity (Wildman–Crippen MR) is 98.7 cm³/mol. The molecule has 0 aromatic heterocycles. The molecule has 0 unspecified atom stereocenters. The Morgan fingerprint density at radius 1 is 0.762 bits per heavy atom. The van der Waals surface area contributed by atoms with Crippen LogP contribution >= 0.6 is 0 Å². The third-order valence-electron chi connectivity index (χ3n) is 2.19. The number of hydrogen-bond acceptors (Lipinski definition) is 0. The molecule has 0 nitrogen and oxygen atoms in total. The van der Waals surface area contributed by atoms with Gasteiger partial charge < -0.3 is 0 Å². The van der Waals surface area contributed by atoms with Crippen LogP contribution in [-0.4, -0.2) is 0 Å². The van der Waals surface area contributed by atoms with Crippen molar-refractivity contribution in [2.24, 2.45) is 0 Å². The minimum atomic E-state index is 1.14. The van der Waals surface area contributed by atoms with E-state index in [0.29, 0.717) is 0 Å². The standard InChI is InChI=1S/C8H10.C7H8.2C3H6/c1-2-8-6-4-3-5-7-8;1-7-5-3-2-4-6-7;2*1-3-2/h3-7H,2H2,1H3;2-6H,1H3;2*3H,1H2,2H3. The summed E-state index contributed by atoms with van der Waals surface area (Å²) in [6.45, 7) is 14.7. The summed E-state index contributed by atoms with van der Waals surface area (Å²) in [5, 5.41) is 0. The summed E-state index contributed by atoms with van der Waals surface area (Å²) in [6.07, 6.45) is 4.64. The van der Waals surface area contributed by atoms with E-state index in [9.17, 15) is 0 Å². The Labute approximate surface area is 131 Å². The number of hydrogen-bond donors (Lipinski definition) is 0. The molecule has 0 bridgehead atoms. The first-order valence-electron chi connectivity index (χ1n) is 7.35. The van der Waals surface area contributed by atoms with Crippen LogP contribution in [0.1, 0.15) is 31.9 Å². The van der Waals surface area contributed by atoms with E-state index in [0.717, 1.165) is 6.42 Å². The monoisotopic (exact) mass is 282 g/mol. The van der Waals surface area contributed by atoms with Gasteiger partial charge in [0.25, 0.3) is 0 Å². The molecule has 114 valence electrons. The third kappa shape index (κ3) is 17.9. The maximum Gasteiger partial charge on any atom is -0.0307 e. The Morgan fingerprint density at radius 3 is 1.29 bits per heavy atom. The van der Waals surface area contributed by atoms with Crippen molar-refractivity contribution in [3.63, 3.8) is 0 Å². The minimum Gasteiger partial charge on any atom is -0.103 e. The lowest BCUT2D eigenvalue weighted by Crippen LogP contribution is -1.73.